The highest BCUT2D eigenvalue weighted by Gasteiger charge is 2.03. The minimum absolute atomic E-state index is 0.0165. The predicted octanol–water partition coefficient (Wildman–Crippen LogP) is 1.07. The molecule has 0 saturated carbocycles. The van der Waals surface area contributed by atoms with Gasteiger partial charge in [0.15, 0.2) is 5.78 Å². The number of carbonyl (C=O) groups is 1. The van der Waals surface area contributed by atoms with Gasteiger partial charge in [0, 0.05) is 18.4 Å². The number of carbonyl (C=O) groups excluding carboxylic acids is 1. The summed E-state index contributed by atoms with van der Waals surface area (Å²) < 4.78 is 0. The van der Waals surface area contributed by atoms with Gasteiger partial charge in [-0.25, -0.2) is 0 Å². The van der Waals surface area contributed by atoms with E-state index in [1.165, 1.54) is 12.4 Å². The molecule has 0 N–H and O–H groups in total. The Morgan fingerprint density at radius 1 is 1.58 bits per heavy atom. The summed E-state index contributed by atoms with van der Waals surface area (Å²) in [5.74, 6) is 2.43. The molecular formula is C9H8N2O. The monoisotopic (exact) mass is 160 g/mol. The van der Waals surface area contributed by atoms with Gasteiger partial charge in [0.25, 0.3) is 0 Å². The highest BCUT2D eigenvalue weighted by Crippen LogP contribution is 2.01. The summed E-state index contributed by atoms with van der Waals surface area (Å²) in [7, 11) is 0. The Labute approximate surface area is 70.8 Å². The molecular weight excluding hydrogens is 152 g/mol. The Morgan fingerprint density at radius 2 is 2.42 bits per heavy atom. The van der Waals surface area contributed by atoms with E-state index < -0.39 is 0 Å². The van der Waals surface area contributed by atoms with Crippen LogP contribution in [0.1, 0.15) is 23.2 Å². The first-order valence-electron chi connectivity index (χ1n) is 3.58. The van der Waals surface area contributed by atoms with Crippen molar-refractivity contribution >= 4 is 5.78 Å². The average molecular weight is 160 g/mol. The molecule has 1 aromatic rings. The Hall–Kier alpha value is -1.69. The van der Waals surface area contributed by atoms with Crippen LogP contribution < -0.4 is 0 Å². The highest BCUT2D eigenvalue weighted by molar-refractivity contribution is 5.95. The molecule has 0 atom stereocenters. The fourth-order valence-electron chi connectivity index (χ4n) is 0.786. The third kappa shape index (κ3) is 2.17. The van der Waals surface area contributed by atoms with Crippen molar-refractivity contribution in [2.24, 2.45) is 0 Å². The minimum Gasteiger partial charge on any atom is -0.294 e. The molecule has 0 spiro atoms. The van der Waals surface area contributed by atoms with Crippen molar-refractivity contribution in [3.8, 4) is 12.3 Å². The molecule has 3 nitrogen and oxygen atoms in total. The molecule has 12 heavy (non-hydrogen) atoms. The molecule has 0 unspecified atom stereocenters. The average Bonchev–Trinajstić information content (AvgIpc) is 2.15. The summed E-state index contributed by atoms with van der Waals surface area (Å²) in [5, 5.41) is 7.16. The van der Waals surface area contributed by atoms with Gasteiger partial charge in [-0.2, -0.15) is 10.2 Å². The van der Waals surface area contributed by atoms with Crippen molar-refractivity contribution in [3.63, 3.8) is 0 Å². The van der Waals surface area contributed by atoms with E-state index in [9.17, 15) is 4.79 Å². The van der Waals surface area contributed by atoms with Crippen molar-refractivity contribution in [2.75, 3.05) is 0 Å². The first-order chi connectivity index (χ1) is 5.84. The van der Waals surface area contributed by atoms with Gasteiger partial charge in [0.1, 0.15) is 0 Å². The van der Waals surface area contributed by atoms with Crippen LogP contribution >= 0.6 is 0 Å². The molecule has 0 saturated heterocycles. The van der Waals surface area contributed by atoms with E-state index in [1.54, 1.807) is 6.07 Å². The summed E-state index contributed by atoms with van der Waals surface area (Å²) in [5.41, 5.74) is 0.570. The minimum atomic E-state index is 0.0165. The Bertz CT molecular complexity index is 300. The molecule has 60 valence electrons. The molecule has 0 fully saturated rings. The van der Waals surface area contributed by atoms with Gasteiger partial charge in [0.05, 0.1) is 12.4 Å². The lowest BCUT2D eigenvalue weighted by Gasteiger charge is -1.94. The van der Waals surface area contributed by atoms with Crippen LogP contribution in [0.5, 0.6) is 0 Å². The van der Waals surface area contributed by atoms with Gasteiger partial charge in [-0.15, -0.1) is 12.3 Å². The largest absolute Gasteiger partial charge is 0.294 e. The summed E-state index contributed by atoms with van der Waals surface area (Å²) in [6.07, 6.45) is 8.81. The van der Waals surface area contributed by atoms with E-state index in [-0.39, 0.29) is 5.78 Å². The van der Waals surface area contributed by atoms with E-state index in [0.717, 1.165) is 0 Å². The van der Waals surface area contributed by atoms with Gasteiger partial charge in [-0.1, -0.05) is 0 Å². The molecule has 1 rings (SSSR count). The lowest BCUT2D eigenvalue weighted by atomic mass is 10.1. The van der Waals surface area contributed by atoms with Crippen molar-refractivity contribution in [1.29, 1.82) is 0 Å². The van der Waals surface area contributed by atoms with Crippen LogP contribution in [0.15, 0.2) is 18.5 Å². The van der Waals surface area contributed by atoms with Crippen LogP contribution in [0, 0.1) is 12.3 Å². The molecule has 0 aliphatic heterocycles. The van der Waals surface area contributed by atoms with Gasteiger partial charge in [-0.3, -0.25) is 4.79 Å². The smallest absolute Gasteiger partial charge is 0.165 e. The third-order valence-electron chi connectivity index (χ3n) is 1.40. The number of hydrogen-bond donors (Lipinski definition) is 0. The van der Waals surface area contributed by atoms with E-state index >= 15 is 0 Å². The maximum atomic E-state index is 11.2. The molecule has 0 aromatic carbocycles. The van der Waals surface area contributed by atoms with Gasteiger partial charge >= 0.3 is 0 Å². The number of terminal acetylenes is 1. The van der Waals surface area contributed by atoms with Crippen molar-refractivity contribution < 1.29 is 4.79 Å². The number of ketones is 1. The molecule has 0 bridgehead atoms. The zero-order valence-corrected chi connectivity index (χ0v) is 6.53. The highest BCUT2D eigenvalue weighted by atomic mass is 16.1. The van der Waals surface area contributed by atoms with Crippen molar-refractivity contribution in [1.82, 2.24) is 10.2 Å². The third-order valence-corrected chi connectivity index (χ3v) is 1.40. The summed E-state index contributed by atoms with van der Waals surface area (Å²) >= 11 is 0. The van der Waals surface area contributed by atoms with Gasteiger partial charge in [-0.05, 0) is 6.07 Å². The summed E-state index contributed by atoms with van der Waals surface area (Å²) in [6.45, 7) is 0. The van der Waals surface area contributed by atoms with E-state index in [0.29, 0.717) is 18.4 Å². The lowest BCUT2D eigenvalue weighted by Crippen LogP contribution is -1.99. The summed E-state index contributed by atoms with van der Waals surface area (Å²) in [4.78, 5) is 11.2. The van der Waals surface area contributed by atoms with E-state index in [4.69, 9.17) is 6.42 Å². The number of Topliss-reactive ketones (excluding diaryl/α,β-unsaturated/α-hetero) is 1. The molecule has 1 heterocycles. The van der Waals surface area contributed by atoms with Crippen LogP contribution in [-0.2, 0) is 0 Å². The number of rotatable bonds is 3. The molecule has 1 aromatic heterocycles. The Kier molecular flexibility index (Phi) is 2.97. The zero-order valence-electron chi connectivity index (χ0n) is 6.53. The standard InChI is InChI=1S/C9H8N2O/c1-2-3-4-9(12)8-5-6-10-11-7-8/h1,5-7H,3-4H2. The maximum Gasteiger partial charge on any atom is 0.165 e. The first-order valence-corrected chi connectivity index (χ1v) is 3.58. The van der Waals surface area contributed by atoms with Gasteiger partial charge in [0.2, 0.25) is 0 Å². The molecule has 0 aliphatic rings. The number of nitrogens with zero attached hydrogens (tertiary/aromatic N) is 2. The second-order valence-corrected chi connectivity index (χ2v) is 2.26. The molecule has 0 aliphatic carbocycles. The van der Waals surface area contributed by atoms with Gasteiger partial charge < -0.3 is 0 Å². The molecule has 0 amide bonds. The van der Waals surface area contributed by atoms with Crippen LogP contribution in [-0.4, -0.2) is 16.0 Å². The Morgan fingerprint density at radius 3 is 3.00 bits per heavy atom. The van der Waals surface area contributed by atoms with Crippen LogP contribution in [0.25, 0.3) is 0 Å². The zero-order chi connectivity index (χ0) is 8.81. The van der Waals surface area contributed by atoms with Crippen molar-refractivity contribution in [3.05, 3.63) is 24.0 Å². The van der Waals surface area contributed by atoms with E-state index in [2.05, 4.69) is 16.1 Å². The fourth-order valence-corrected chi connectivity index (χ4v) is 0.786. The molecule has 3 heteroatoms. The second kappa shape index (κ2) is 4.24. The molecule has 0 radical (unpaired) electrons. The first kappa shape index (κ1) is 8.41. The normalized spacial score (nSPS) is 8.92. The Balaban J connectivity index is 2.61. The van der Waals surface area contributed by atoms with Crippen molar-refractivity contribution in [2.45, 2.75) is 12.8 Å². The predicted molar refractivity (Wildman–Crippen MR) is 44.4 cm³/mol. The summed E-state index contributed by atoms with van der Waals surface area (Å²) in [6, 6.07) is 1.63. The van der Waals surface area contributed by atoms with Crippen LogP contribution in [0.2, 0.25) is 0 Å². The van der Waals surface area contributed by atoms with Crippen LogP contribution in [0.4, 0.5) is 0 Å². The van der Waals surface area contributed by atoms with Crippen LogP contribution in [0.3, 0.4) is 0 Å². The number of aromatic nitrogens is 2. The quantitative estimate of drug-likeness (QED) is 0.490. The lowest BCUT2D eigenvalue weighted by molar-refractivity contribution is 0.0984. The van der Waals surface area contributed by atoms with E-state index in [1.807, 2.05) is 0 Å². The SMILES string of the molecule is C#CCCC(=O)c1ccnnc1. The topological polar surface area (TPSA) is 42.9 Å². The fraction of sp³-hybridized carbons (Fsp3) is 0.222. The maximum absolute atomic E-state index is 11.2. The number of hydrogen-bond acceptors (Lipinski definition) is 3. The second-order valence-electron chi connectivity index (χ2n) is 2.26.